The smallest absolute Gasteiger partial charge is 0.0621 e. The molecule has 4 fully saturated rings. The van der Waals surface area contributed by atoms with E-state index in [0.717, 1.165) is 24.4 Å². The average Bonchev–Trinajstić information content (AvgIpc) is 2.23. The lowest BCUT2D eigenvalue weighted by Gasteiger charge is -2.57. The molecule has 0 aromatic rings. The van der Waals surface area contributed by atoms with E-state index in [2.05, 4.69) is 13.8 Å². The van der Waals surface area contributed by atoms with Crippen molar-refractivity contribution in [3.63, 3.8) is 0 Å². The third kappa shape index (κ3) is 2.60. The predicted octanol–water partition coefficient (Wildman–Crippen LogP) is 3.35. The molecule has 0 heterocycles. The van der Waals surface area contributed by atoms with E-state index in [9.17, 15) is 0 Å². The summed E-state index contributed by atoms with van der Waals surface area (Å²) in [5, 5.41) is 0. The topological polar surface area (TPSA) is 35.2 Å². The Hall–Kier alpha value is -0.0800. The molecule has 0 saturated heterocycles. The van der Waals surface area contributed by atoms with Crippen LogP contribution in [0.1, 0.15) is 58.8 Å². The fourth-order valence-corrected chi connectivity index (χ4v) is 5.47. The van der Waals surface area contributed by atoms with Gasteiger partial charge in [-0.2, -0.15) is 0 Å². The van der Waals surface area contributed by atoms with Crippen LogP contribution in [0.25, 0.3) is 0 Å². The highest BCUT2D eigenvalue weighted by molar-refractivity contribution is 5.02. The lowest BCUT2D eigenvalue weighted by molar-refractivity contribution is -0.0655. The summed E-state index contributed by atoms with van der Waals surface area (Å²) in [5.41, 5.74) is 6.92. The molecule has 1 atom stereocenters. The second-order valence-electron chi connectivity index (χ2n) is 7.76. The molecule has 4 bridgehead atoms. The van der Waals surface area contributed by atoms with Crippen molar-refractivity contribution >= 4 is 0 Å². The first-order chi connectivity index (χ1) is 8.55. The Bertz CT molecular complexity index is 264. The molecular formula is C16H29NO. The zero-order valence-corrected chi connectivity index (χ0v) is 12.0. The van der Waals surface area contributed by atoms with E-state index in [1.165, 1.54) is 44.9 Å². The minimum absolute atomic E-state index is 0.253. The van der Waals surface area contributed by atoms with Crippen molar-refractivity contribution in [1.82, 2.24) is 0 Å². The lowest BCUT2D eigenvalue weighted by Crippen LogP contribution is -2.49. The molecule has 0 aliphatic heterocycles. The van der Waals surface area contributed by atoms with Crippen molar-refractivity contribution in [2.75, 3.05) is 6.61 Å². The molecule has 2 nitrogen and oxygen atoms in total. The summed E-state index contributed by atoms with van der Waals surface area (Å²) in [5.74, 6) is 3.11. The molecule has 4 saturated carbocycles. The first-order valence-electron chi connectivity index (χ1n) is 7.92. The standard InChI is InChI=1S/C16H29NO/c1-11(2)18-10-15(17)9-16-6-12-3-13(7-16)5-14(4-12)8-16/h11-15H,3-10,17H2,1-2H3. The van der Waals surface area contributed by atoms with Gasteiger partial charge < -0.3 is 10.5 Å². The maximum Gasteiger partial charge on any atom is 0.0621 e. The van der Waals surface area contributed by atoms with Crippen LogP contribution in [0.2, 0.25) is 0 Å². The highest BCUT2D eigenvalue weighted by Gasteiger charge is 2.50. The zero-order valence-electron chi connectivity index (χ0n) is 12.0. The van der Waals surface area contributed by atoms with Crippen LogP contribution in [-0.2, 0) is 4.74 Å². The minimum Gasteiger partial charge on any atom is -0.377 e. The van der Waals surface area contributed by atoms with E-state index >= 15 is 0 Å². The molecule has 0 aromatic carbocycles. The average molecular weight is 251 g/mol. The largest absolute Gasteiger partial charge is 0.377 e. The van der Waals surface area contributed by atoms with E-state index < -0.39 is 0 Å². The molecule has 4 aliphatic rings. The van der Waals surface area contributed by atoms with E-state index in [1.54, 1.807) is 0 Å². The Morgan fingerprint density at radius 1 is 1.06 bits per heavy atom. The van der Waals surface area contributed by atoms with E-state index in [1.807, 2.05) is 0 Å². The van der Waals surface area contributed by atoms with Gasteiger partial charge in [0.1, 0.15) is 0 Å². The van der Waals surface area contributed by atoms with Crippen LogP contribution < -0.4 is 5.73 Å². The van der Waals surface area contributed by atoms with Crippen LogP contribution in [0.4, 0.5) is 0 Å². The van der Waals surface area contributed by atoms with Crippen molar-refractivity contribution in [1.29, 1.82) is 0 Å². The van der Waals surface area contributed by atoms with Gasteiger partial charge in [0.25, 0.3) is 0 Å². The first kappa shape index (κ1) is 12.9. The van der Waals surface area contributed by atoms with Gasteiger partial charge in [-0.1, -0.05) is 0 Å². The van der Waals surface area contributed by atoms with Crippen LogP contribution in [0, 0.1) is 23.2 Å². The number of nitrogens with two attached hydrogens (primary N) is 1. The Kier molecular flexibility index (Phi) is 3.44. The van der Waals surface area contributed by atoms with Gasteiger partial charge in [-0.05, 0) is 82.0 Å². The molecule has 104 valence electrons. The Morgan fingerprint density at radius 2 is 1.56 bits per heavy atom. The van der Waals surface area contributed by atoms with Gasteiger partial charge in [-0.25, -0.2) is 0 Å². The number of hydrogen-bond acceptors (Lipinski definition) is 2. The molecule has 2 N–H and O–H groups in total. The number of ether oxygens (including phenoxy) is 1. The van der Waals surface area contributed by atoms with E-state index in [-0.39, 0.29) is 6.04 Å². The highest BCUT2D eigenvalue weighted by Crippen LogP contribution is 2.61. The molecule has 4 rings (SSSR count). The van der Waals surface area contributed by atoms with Crippen LogP contribution in [0.5, 0.6) is 0 Å². The monoisotopic (exact) mass is 251 g/mol. The van der Waals surface area contributed by atoms with Gasteiger partial charge >= 0.3 is 0 Å². The third-order valence-electron chi connectivity index (χ3n) is 5.50. The van der Waals surface area contributed by atoms with Gasteiger partial charge in [0.15, 0.2) is 0 Å². The van der Waals surface area contributed by atoms with Gasteiger partial charge in [-0.3, -0.25) is 0 Å². The fraction of sp³-hybridized carbons (Fsp3) is 1.00. The quantitative estimate of drug-likeness (QED) is 0.813. The SMILES string of the molecule is CC(C)OCC(N)CC12CC3CC(CC(C3)C1)C2. The molecule has 2 heteroatoms. The second-order valence-corrected chi connectivity index (χ2v) is 7.76. The maximum atomic E-state index is 6.32. The number of rotatable bonds is 5. The Balaban J connectivity index is 1.58. The summed E-state index contributed by atoms with van der Waals surface area (Å²) in [6.45, 7) is 4.94. The Morgan fingerprint density at radius 3 is 2.00 bits per heavy atom. The zero-order chi connectivity index (χ0) is 12.8. The fourth-order valence-electron chi connectivity index (χ4n) is 5.47. The molecule has 0 aromatic heterocycles. The van der Waals surface area contributed by atoms with Gasteiger partial charge in [0.05, 0.1) is 12.7 Å². The van der Waals surface area contributed by atoms with Crippen molar-refractivity contribution in [3.8, 4) is 0 Å². The molecular weight excluding hydrogens is 222 g/mol. The Labute approximate surface area is 112 Å². The number of hydrogen-bond donors (Lipinski definition) is 1. The van der Waals surface area contributed by atoms with Crippen molar-refractivity contribution < 1.29 is 4.74 Å². The van der Waals surface area contributed by atoms with Gasteiger partial charge in [-0.15, -0.1) is 0 Å². The molecule has 1 unspecified atom stereocenters. The van der Waals surface area contributed by atoms with Crippen LogP contribution in [0.15, 0.2) is 0 Å². The van der Waals surface area contributed by atoms with Crippen molar-refractivity contribution in [2.45, 2.75) is 70.9 Å². The lowest BCUT2D eigenvalue weighted by atomic mass is 9.48. The normalized spacial score (nSPS) is 43.7. The first-order valence-corrected chi connectivity index (χ1v) is 7.92. The second kappa shape index (κ2) is 4.79. The molecule has 0 spiro atoms. The molecule has 18 heavy (non-hydrogen) atoms. The van der Waals surface area contributed by atoms with Crippen LogP contribution >= 0.6 is 0 Å². The summed E-state index contributed by atoms with van der Waals surface area (Å²) in [6.07, 6.45) is 10.5. The highest BCUT2D eigenvalue weighted by atomic mass is 16.5. The molecule has 4 aliphatic carbocycles. The molecule has 0 amide bonds. The van der Waals surface area contributed by atoms with Crippen LogP contribution in [0.3, 0.4) is 0 Å². The summed E-state index contributed by atoms with van der Waals surface area (Å²) < 4.78 is 5.69. The minimum atomic E-state index is 0.253. The third-order valence-corrected chi connectivity index (χ3v) is 5.50. The summed E-state index contributed by atoms with van der Waals surface area (Å²) in [4.78, 5) is 0. The summed E-state index contributed by atoms with van der Waals surface area (Å²) >= 11 is 0. The summed E-state index contributed by atoms with van der Waals surface area (Å²) in [7, 11) is 0. The van der Waals surface area contributed by atoms with Crippen LogP contribution in [-0.4, -0.2) is 18.8 Å². The van der Waals surface area contributed by atoms with Crippen molar-refractivity contribution in [3.05, 3.63) is 0 Å². The van der Waals surface area contributed by atoms with Crippen molar-refractivity contribution in [2.24, 2.45) is 28.9 Å². The predicted molar refractivity (Wildman–Crippen MR) is 74.3 cm³/mol. The van der Waals surface area contributed by atoms with E-state index in [0.29, 0.717) is 11.5 Å². The van der Waals surface area contributed by atoms with Gasteiger partial charge in [0, 0.05) is 6.04 Å². The van der Waals surface area contributed by atoms with Gasteiger partial charge in [0.2, 0.25) is 0 Å². The maximum absolute atomic E-state index is 6.32. The van der Waals surface area contributed by atoms with E-state index in [4.69, 9.17) is 10.5 Å². The summed E-state index contributed by atoms with van der Waals surface area (Å²) in [6, 6.07) is 0.253. The molecule has 0 radical (unpaired) electrons.